The summed E-state index contributed by atoms with van der Waals surface area (Å²) in [6, 6.07) is 11.6. The summed E-state index contributed by atoms with van der Waals surface area (Å²) in [7, 11) is 0. The summed E-state index contributed by atoms with van der Waals surface area (Å²) in [6.07, 6.45) is 0. The van der Waals surface area contributed by atoms with Crippen LogP contribution in [0, 0.1) is 5.92 Å². The molecule has 0 spiro atoms. The van der Waals surface area contributed by atoms with E-state index in [0.717, 1.165) is 11.8 Å². The SMILES string of the molecule is CC.CC1CN(C(C)C)CC1c1ccccc1. The van der Waals surface area contributed by atoms with Crippen molar-refractivity contribution < 1.29 is 0 Å². The van der Waals surface area contributed by atoms with Crippen molar-refractivity contribution in [2.75, 3.05) is 13.1 Å². The molecule has 0 radical (unpaired) electrons. The highest BCUT2D eigenvalue weighted by molar-refractivity contribution is 5.22. The molecular weight excluding hydrogens is 206 g/mol. The first kappa shape index (κ1) is 14.2. The molecule has 0 aromatic heterocycles. The zero-order chi connectivity index (χ0) is 12.8. The summed E-state index contributed by atoms with van der Waals surface area (Å²) in [5.41, 5.74) is 1.51. The smallest absolute Gasteiger partial charge is 0.00561 e. The van der Waals surface area contributed by atoms with Gasteiger partial charge in [-0.1, -0.05) is 51.1 Å². The van der Waals surface area contributed by atoms with Crippen LogP contribution in [0.5, 0.6) is 0 Å². The molecule has 1 fully saturated rings. The number of likely N-dealkylation sites (tertiary alicyclic amines) is 1. The van der Waals surface area contributed by atoms with E-state index in [0.29, 0.717) is 6.04 Å². The van der Waals surface area contributed by atoms with Gasteiger partial charge in [0.25, 0.3) is 0 Å². The van der Waals surface area contributed by atoms with Gasteiger partial charge in [-0.25, -0.2) is 0 Å². The third-order valence-corrected chi connectivity index (χ3v) is 3.60. The van der Waals surface area contributed by atoms with Crippen molar-refractivity contribution in [2.45, 2.75) is 46.6 Å². The van der Waals surface area contributed by atoms with Gasteiger partial charge < -0.3 is 4.90 Å². The van der Waals surface area contributed by atoms with Gasteiger partial charge in [-0.3, -0.25) is 0 Å². The molecule has 0 saturated carbocycles. The lowest BCUT2D eigenvalue weighted by Crippen LogP contribution is -2.28. The molecule has 2 unspecified atom stereocenters. The largest absolute Gasteiger partial charge is 0.300 e. The minimum Gasteiger partial charge on any atom is -0.300 e. The van der Waals surface area contributed by atoms with Gasteiger partial charge in [-0.15, -0.1) is 0 Å². The number of hydrogen-bond acceptors (Lipinski definition) is 1. The Labute approximate surface area is 107 Å². The topological polar surface area (TPSA) is 3.24 Å². The summed E-state index contributed by atoms with van der Waals surface area (Å²) < 4.78 is 0. The molecule has 0 amide bonds. The van der Waals surface area contributed by atoms with Gasteiger partial charge in [0.05, 0.1) is 0 Å². The summed E-state index contributed by atoms with van der Waals surface area (Å²) in [5.74, 6) is 1.52. The predicted molar refractivity (Wildman–Crippen MR) is 76.4 cm³/mol. The third kappa shape index (κ3) is 3.57. The van der Waals surface area contributed by atoms with Crippen molar-refractivity contribution in [3.05, 3.63) is 35.9 Å². The van der Waals surface area contributed by atoms with Crippen LogP contribution < -0.4 is 0 Å². The summed E-state index contributed by atoms with van der Waals surface area (Å²) in [5, 5.41) is 0. The molecule has 0 N–H and O–H groups in total. The predicted octanol–water partition coefficient (Wildman–Crippen LogP) is 4.16. The number of nitrogens with zero attached hydrogens (tertiary/aromatic N) is 1. The highest BCUT2D eigenvalue weighted by Crippen LogP contribution is 2.32. The van der Waals surface area contributed by atoms with Gasteiger partial charge in [0, 0.05) is 25.0 Å². The molecule has 0 bridgehead atoms. The summed E-state index contributed by atoms with van der Waals surface area (Å²) >= 11 is 0. The van der Waals surface area contributed by atoms with Crippen LogP contribution >= 0.6 is 0 Å². The van der Waals surface area contributed by atoms with Crippen LogP contribution in [-0.4, -0.2) is 24.0 Å². The molecule has 1 heteroatoms. The lowest BCUT2D eigenvalue weighted by atomic mass is 9.90. The lowest BCUT2D eigenvalue weighted by Gasteiger charge is -2.20. The van der Waals surface area contributed by atoms with Gasteiger partial charge in [0.1, 0.15) is 0 Å². The molecule has 96 valence electrons. The Hall–Kier alpha value is -0.820. The second-order valence-electron chi connectivity index (χ2n) is 5.04. The maximum absolute atomic E-state index is 2.59. The fourth-order valence-electron chi connectivity index (χ4n) is 2.56. The molecular formula is C16H27N. The molecule has 1 nitrogen and oxygen atoms in total. The quantitative estimate of drug-likeness (QED) is 0.741. The van der Waals surface area contributed by atoms with E-state index in [2.05, 4.69) is 56.0 Å². The van der Waals surface area contributed by atoms with E-state index in [4.69, 9.17) is 0 Å². The minimum atomic E-state index is 0.682. The number of hydrogen-bond donors (Lipinski definition) is 0. The molecule has 1 aromatic rings. The Bertz CT molecular complexity index is 305. The van der Waals surface area contributed by atoms with E-state index >= 15 is 0 Å². The third-order valence-electron chi connectivity index (χ3n) is 3.60. The molecule has 1 aliphatic rings. The standard InChI is InChI=1S/C14H21N.C2H6/c1-11(2)15-9-12(3)14(10-15)13-7-5-4-6-8-13;1-2/h4-8,11-12,14H,9-10H2,1-3H3;1-2H3. The average molecular weight is 233 g/mol. The van der Waals surface area contributed by atoms with Crippen LogP contribution in [0.1, 0.15) is 46.1 Å². The number of benzene rings is 1. The van der Waals surface area contributed by atoms with Crippen molar-refractivity contribution in [3.8, 4) is 0 Å². The zero-order valence-corrected chi connectivity index (χ0v) is 12.0. The second kappa shape index (κ2) is 6.80. The number of rotatable bonds is 2. The minimum absolute atomic E-state index is 0.682. The first-order valence-electron chi connectivity index (χ1n) is 6.97. The van der Waals surface area contributed by atoms with E-state index < -0.39 is 0 Å². The van der Waals surface area contributed by atoms with Crippen LogP contribution in [0.25, 0.3) is 0 Å². The highest BCUT2D eigenvalue weighted by Gasteiger charge is 2.31. The van der Waals surface area contributed by atoms with Crippen molar-refractivity contribution >= 4 is 0 Å². The fraction of sp³-hybridized carbons (Fsp3) is 0.625. The molecule has 2 atom stereocenters. The van der Waals surface area contributed by atoms with E-state index in [-0.39, 0.29) is 0 Å². The van der Waals surface area contributed by atoms with Crippen LogP contribution in [0.4, 0.5) is 0 Å². The fourth-order valence-corrected chi connectivity index (χ4v) is 2.56. The van der Waals surface area contributed by atoms with Crippen LogP contribution in [0.3, 0.4) is 0 Å². The molecule has 0 aliphatic carbocycles. The average Bonchev–Trinajstić information content (AvgIpc) is 2.75. The van der Waals surface area contributed by atoms with Gasteiger partial charge in [-0.05, 0) is 25.3 Å². The summed E-state index contributed by atoms with van der Waals surface area (Å²) in [4.78, 5) is 2.59. The van der Waals surface area contributed by atoms with Crippen LogP contribution in [0.15, 0.2) is 30.3 Å². The molecule has 2 rings (SSSR count). The first-order chi connectivity index (χ1) is 8.18. The Balaban J connectivity index is 0.000000686. The zero-order valence-electron chi connectivity index (χ0n) is 12.0. The highest BCUT2D eigenvalue weighted by atomic mass is 15.2. The van der Waals surface area contributed by atoms with E-state index in [1.54, 1.807) is 0 Å². The van der Waals surface area contributed by atoms with E-state index in [1.165, 1.54) is 18.7 Å². The van der Waals surface area contributed by atoms with E-state index in [1.807, 2.05) is 13.8 Å². The second-order valence-corrected chi connectivity index (χ2v) is 5.04. The molecule has 1 aromatic carbocycles. The van der Waals surface area contributed by atoms with Crippen molar-refractivity contribution in [1.82, 2.24) is 4.90 Å². The molecule has 1 saturated heterocycles. The van der Waals surface area contributed by atoms with Gasteiger partial charge in [-0.2, -0.15) is 0 Å². The first-order valence-corrected chi connectivity index (χ1v) is 6.97. The Morgan fingerprint density at radius 1 is 1.06 bits per heavy atom. The van der Waals surface area contributed by atoms with Crippen LogP contribution in [-0.2, 0) is 0 Å². The monoisotopic (exact) mass is 233 g/mol. The molecule has 1 aliphatic heterocycles. The Morgan fingerprint density at radius 3 is 2.12 bits per heavy atom. The molecule has 1 heterocycles. The van der Waals surface area contributed by atoms with Gasteiger partial charge in [0.15, 0.2) is 0 Å². The lowest BCUT2D eigenvalue weighted by molar-refractivity contribution is 0.266. The maximum Gasteiger partial charge on any atom is 0.00561 e. The van der Waals surface area contributed by atoms with E-state index in [9.17, 15) is 0 Å². The summed E-state index contributed by atoms with van der Waals surface area (Å²) in [6.45, 7) is 13.4. The van der Waals surface area contributed by atoms with Crippen molar-refractivity contribution in [3.63, 3.8) is 0 Å². The van der Waals surface area contributed by atoms with Gasteiger partial charge >= 0.3 is 0 Å². The Morgan fingerprint density at radius 2 is 1.65 bits per heavy atom. The van der Waals surface area contributed by atoms with Crippen molar-refractivity contribution in [1.29, 1.82) is 0 Å². The van der Waals surface area contributed by atoms with Crippen LogP contribution in [0.2, 0.25) is 0 Å². The normalized spacial score (nSPS) is 24.6. The van der Waals surface area contributed by atoms with Gasteiger partial charge in [0.2, 0.25) is 0 Å². The van der Waals surface area contributed by atoms with Crippen molar-refractivity contribution in [2.24, 2.45) is 5.92 Å². The Kier molecular flexibility index (Phi) is 5.70. The maximum atomic E-state index is 2.59. The molecule has 17 heavy (non-hydrogen) atoms.